The van der Waals surface area contributed by atoms with Gasteiger partial charge in [0.15, 0.2) is 0 Å². The van der Waals surface area contributed by atoms with Crippen LogP contribution in [0.25, 0.3) is 0 Å². The van der Waals surface area contributed by atoms with Gasteiger partial charge < -0.3 is 30.6 Å². The Morgan fingerprint density at radius 2 is 1.56 bits per heavy atom. The lowest BCUT2D eigenvalue weighted by Gasteiger charge is -2.35. The molecule has 52 heavy (non-hydrogen) atoms. The van der Waals surface area contributed by atoms with Crippen molar-refractivity contribution in [2.75, 3.05) is 19.6 Å². The second-order valence-corrected chi connectivity index (χ2v) is 14.7. The van der Waals surface area contributed by atoms with Crippen LogP contribution in [0.15, 0.2) is 66.0 Å². The van der Waals surface area contributed by atoms with Crippen molar-refractivity contribution in [3.63, 3.8) is 0 Å². The van der Waals surface area contributed by atoms with Gasteiger partial charge >= 0.3 is 12.1 Å². The Labute approximate surface area is 310 Å². The summed E-state index contributed by atoms with van der Waals surface area (Å²) in [7, 11) is 0. The lowest BCUT2D eigenvalue weighted by Crippen LogP contribution is -2.59. The summed E-state index contributed by atoms with van der Waals surface area (Å²) < 4.78 is 0. The highest BCUT2D eigenvalue weighted by Gasteiger charge is 2.41. The molecule has 0 saturated carbocycles. The Morgan fingerprint density at radius 1 is 0.923 bits per heavy atom. The summed E-state index contributed by atoms with van der Waals surface area (Å²) in [6.07, 6.45) is -0.997. The maximum atomic E-state index is 14.3. The van der Waals surface area contributed by atoms with E-state index in [1.807, 2.05) is 93.7 Å². The average Bonchev–Trinajstić information content (AvgIpc) is 3.70. The molecule has 5 amide bonds. The number of thiazole rings is 1. The number of carboxylic acid groups (broad SMARTS) is 1. The molecule has 3 aromatic rings. The molecular formula is C38H53N7O6S. The Balaban J connectivity index is 1.58. The number of aliphatic hydroxyl groups excluding tert-OH is 1. The number of amides is 5. The first kappa shape index (κ1) is 40.2. The van der Waals surface area contributed by atoms with E-state index in [0.717, 1.165) is 21.8 Å². The van der Waals surface area contributed by atoms with Crippen LogP contribution in [-0.2, 0) is 29.1 Å². The summed E-state index contributed by atoms with van der Waals surface area (Å²) in [6.45, 7) is 10.9. The highest BCUT2D eigenvalue weighted by Crippen LogP contribution is 2.23. The maximum absolute atomic E-state index is 14.3. The Kier molecular flexibility index (Phi) is 15.0. The number of rotatable bonds is 19. The zero-order chi connectivity index (χ0) is 37.8. The maximum Gasteiger partial charge on any atom is 0.405 e. The number of urea groups is 1. The minimum atomic E-state index is -1.31. The van der Waals surface area contributed by atoms with E-state index in [1.54, 1.807) is 21.7 Å². The van der Waals surface area contributed by atoms with Crippen molar-refractivity contribution in [1.29, 1.82) is 0 Å². The van der Waals surface area contributed by atoms with Gasteiger partial charge in [-0.05, 0) is 36.3 Å². The topological polar surface area (TPSA) is 167 Å². The van der Waals surface area contributed by atoms with Crippen LogP contribution in [0.3, 0.4) is 0 Å². The van der Waals surface area contributed by atoms with Gasteiger partial charge in [0, 0.05) is 31.6 Å². The number of hydrogen-bond donors (Lipinski definition) is 5. The summed E-state index contributed by atoms with van der Waals surface area (Å²) in [6, 6.07) is 16.0. The van der Waals surface area contributed by atoms with E-state index >= 15 is 0 Å². The van der Waals surface area contributed by atoms with Crippen molar-refractivity contribution in [2.45, 2.75) is 91.2 Å². The van der Waals surface area contributed by atoms with Crippen LogP contribution in [0.1, 0.15) is 62.4 Å². The van der Waals surface area contributed by atoms with E-state index in [-0.39, 0.29) is 43.3 Å². The van der Waals surface area contributed by atoms with Gasteiger partial charge in [-0.15, -0.1) is 11.3 Å². The number of hydrogen-bond acceptors (Lipinski definition) is 8. The molecule has 13 nitrogen and oxygen atoms in total. The van der Waals surface area contributed by atoms with Crippen LogP contribution in [0.4, 0.5) is 9.59 Å². The van der Waals surface area contributed by atoms with Gasteiger partial charge in [-0.3, -0.25) is 15.0 Å². The van der Waals surface area contributed by atoms with Gasteiger partial charge in [-0.25, -0.2) is 19.6 Å². The predicted octanol–water partition coefficient (Wildman–Crippen LogP) is 4.41. The first-order valence-electron chi connectivity index (χ1n) is 18.0. The van der Waals surface area contributed by atoms with Crippen LogP contribution in [-0.4, -0.2) is 97.8 Å². The van der Waals surface area contributed by atoms with E-state index in [9.17, 15) is 29.4 Å². The molecule has 2 aromatic carbocycles. The Morgan fingerprint density at radius 3 is 2.13 bits per heavy atom. The molecule has 282 valence electrons. The normalized spacial score (nSPS) is 16.6. The standard InChI is InChI=1S/C38H53N7O6S/c1-6-25(3)33(41-37(49)50)35(47)42-44(21-29-16-12-9-13-17-29)23-32(46)31(20-28-14-10-8-11-15-28)40-36(48)34(26(4)7-2)45-19-18-43(38(45)51)22-30-24-52-27(5)39-30/h8-17,24-26,31-34,41,46H,6-7,18-23H2,1-5H3,(H,40,48)(H,42,47)(H,49,50)/t25-,26-,31-,32-,33-,34-/m0/s1. The first-order valence-corrected chi connectivity index (χ1v) is 18.9. The molecule has 6 atom stereocenters. The summed E-state index contributed by atoms with van der Waals surface area (Å²) in [5, 5.41) is 31.2. The van der Waals surface area contributed by atoms with E-state index < -0.39 is 36.2 Å². The number of carbonyl (C=O) groups excluding carboxylic acids is 3. The molecule has 4 rings (SSSR count). The highest BCUT2D eigenvalue weighted by atomic mass is 32.1. The van der Waals surface area contributed by atoms with Crippen molar-refractivity contribution in [3.05, 3.63) is 87.9 Å². The van der Waals surface area contributed by atoms with Crippen LogP contribution in [0.5, 0.6) is 0 Å². The fraction of sp³-hybridized carbons (Fsp3) is 0.500. The first-order chi connectivity index (χ1) is 24.9. The third-order valence-electron chi connectivity index (χ3n) is 9.69. The summed E-state index contributed by atoms with van der Waals surface area (Å²) in [4.78, 5) is 61.0. The van der Waals surface area contributed by atoms with E-state index in [1.165, 1.54) is 11.3 Å². The summed E-state index contributed by atoms with van der Waals surface area (Å²) in [5.41, 5.74) is 5.40. The monoisotopic (exact) mass is 735 g/mol. The van der Waals surface area contributed by atoms with Crippen LogP contribution in [0, 0.1) is 18.8 Å². The molecule has 1 saturated heterocycles. The fourth-order valence-electron chi connectivity index (χ4n) is 6.40. The second-order valence-electron chi connectivity index (χ2n) is 13.6. The predicted molar refractivity (Wildman–Crippen MR) is 200 cm³/mol. The quantitative estimate of drug-likeness (QED) is 0.113. The molecule has 5 N–H and O–H groups in total. The molecule has 0 unspecified atom stereocenters. The number of aliphatic hydroxyl groups is 1. The van der Waals surface area contributed by atoms with Crippen molar-refractivity contribution in [3.8, 4) is 0 Å². The SMILES string of the molecule is CC[C@H](C)[C@H](NC(=O)O)C(=O)NN(Cc1ccccc1)C[C@H](O)[C@H](Cc1ccccc1)NC(=O)[C@H]([C@@H](C)CC)N1CCN(Cc2csc(C)n2)C1=O. The van der Waals surface area contributed by atoms with Crippen LogP contribution in [0.2, 0.25) is 0 Å². The van der Waals surface area contributed by atoms with Crippen LogP contribution < -0.4 is 16.1 Å². The van der Waals surface area contributed by atoms with Gasteiger partial charge in [0.25, 0.3) is 5.91 Å². The van der Waals surface area contributed by atoms with Gasteiger partial charge in [0.2, 0.25) is 5.91 Å². The number of aromatic nitrogens is 1. The molecule has 1 fully saturated rings. The number of nitrogens with one attached hydrogen (secondary N) is 3. The Bertz CT molecular complexity index is 1610. The smallest absolute Gasteiger partial charge is 0.405 e. The van der Waals surface area contributed by atoms with Crippen molar-refractivity contribution >= 4 is 35.3 Å². The third kappa shape index (κ3) is 11.2. The summed E-state index contributed by atoms with van der Waals surface area (Å²) in [5.74, 6) is -1.38. The minimum absolute atomic E-state index is 0.0871. The van der Waals surface area contributed by atoms with E-state index in [4.69, 9.17) is 0 Å². The van der Waals surface area contributed by atoms with Crippen molar-refractivity contribution in [2.24, 2.45) is 11.8 Å². The molecule has 1 aromatic heterocycles. The van der Waals surface area contributed by atoms with E-state index in [0.29, 0.717) is 32.5 Å². The van der Waals surface area contributed by atoms with Gasteiger partial charge in [-0.2, -0.15) is 0 Å². The van der Waals surface area contributed by atoms with E-state index in [2.05, 4.69) is 21.0 Å². The number of benzene rings is 2. The number of aryl methyl sites for hydroxylation is 1. The van der Waals surface area contributed by atoms with Crippen molar-refractivity contribution in [1.82, 2.24) is 35.9 Å². The third-order valence-corrected chi connectivity index (χ3v) is 10.5. The zero-order valence-electron chi connectivity index (χ0n) is 30.7. The lowest BCUT2D eigenvalue weighted by molar-refractivity contribution is -0.132. The van der Waals surface area contributed by atoms with Gasteiger partial charge in [0.1, 0.15) is 12.1 Å². The molecular weight excluding hydrogens is 683 g/mol. The molecule has 0 radical (unpaired) electrons. The van der Waals surface area contributed by atoms with Crippen molar-refractivity contribution < 1.29 is 29.4 Å². The molecule has 14 heteroatoms. The zero-order valence-corrected chi connectivity index (χ0v) is 31.5. The number of nitrogens with zero attached hydrogens (tertiary/aromatic N) is 4. The molecule has 2 heterocycles. The molecule has 1 aliphatic rings. The highest BCUT2D eigenvalue weighted by molar-refractivity contribution is 7.09. The minimum Gasteiger partial charge on any atom is -0.465 e. The largest absolute Gasteiger partial charge is 0.465 e. The summed E-state index contributed by atoms with van der Waals surface area (Å²) >= 11 is 1.53. The fourth-order valence-corrected chi connectivity index (χ4v) is 7.00. The molecule has 1 aliphatic heterocycles. The molecule has 0 bridgehead atoms. The number of hydrazine groups is 1. The average molecular weight is 736 g/mol. The van der Waals surface area contributed by atoms with Gasteiger partial charge in [-0.1, -0.05) is 101 Å². The Hall–Kier alpha value is -4.53. The van der Waals surface area contributed by atoms with Crippen LogP contribution >= 0.6 is 11.3 Å². The van der Waals surface area contributed by atoms with Gasteiger partial charge in [0.05, 0.1) is 29.4 Å². The number of carbonyl (C=O) groups is 4. The second kappa shape index (κ2) is 19.3. The molecule has 0 aliphatic carbocycles. The lowest BCUT2D eigenvalue weighted by atomic mass is 9.95. The molecule has 0 spiro atoms.